The zero-order valence-electron chi connectivity index (χ0n) is 34.9. The van der Waals surface area contributed by atoms with Crippen molar-refractivity contribution in [3.8, 4) is 0 Å². The molecule has 1 saturated carbocycles. The lowest BCUT2D eigenvalue weighted by atomic mass is 10.0. The van der Waals surface area contributed by atoms with Gasteiger partial charge < -0.3 is 32.1 Å². The van der Waals surface area contributed by atoms with Crippen molar-refractivity contribution in [1.82, 2.24) is 31.2 Å². The molecule has 2 aromatic rings. The SMILES string of the molecule is CCCCCCCCCCCCCC(=O)N[C@H](CC(N)=O)C(=O)N[C@@H](C)CCC(=O)CC(=O)NC1(C(=O)CC(=O)NCc2nc(C(=O)C(=N)c3nc(C(=O)O)cs3)cs2)CC1. The number of carboxylic acid groups (broad SMARTS) is 1. The minimum Gasteiger partial charge on any atom is -0.476 e. The molecule has 2 atom stereocenters. The molecule has 0 saturated heterocycles. The molecule has 0 bridgehead atoms. The van der Waals surface area contributed by atoms with Crippen molar-refractivity contribution in [2.45, 2.75) is 160 Å². The quantitative estimate of drug-likeness (QED) is 0.0237. The fourth-order valence-corrected chi connectivity index (χ4v) is 7.81. The summed E-state index contributed by atoms with van der Waals surface area (Å²) in [6, 6.07) is -1.71. The highest BCUT2D eigenvalue weighted by Crippen LogP contribution is 2.37. The molecule has 61 heavy (non-hydrogen) atoms. The second-order valence-corrected chi connectivity index (χ2v) is 17.2. The van der Waals surface area contributed by atoms with Gasteiger partial charge in [-0.2, -0.15) is 0 Å². The molecule has 5 amide bonds. The Kier molecular flexibility index (Phi) is 21.0. The Morgan fingerprint density at radius 2 is 1.43 bits per heavy atom. The van der Waals surface area contributed by atoms with Gasteiger partial charge in [0.15, 0.2) is 11.5 Å². The van der Waals surface area contributed by atoms with Gasteiger partial charge in [0, 0.05) is 29.6 Å². The van der Waals surface area contributed by atoms with Crippen molar-refractivity contribution in [3.05, 3.63) is 32.2 Å². The van der Waals surface area contributed by atoms with Crippen LogP contribution in [-0.2, 0) is 40.1 Å². The zero-order valence-corrected chi connectivity index (χ0v) is 36.5. The van der Waals surface area contributed by atoms with E-state index in [0.29, 0.717) is 24.3 Å². The van der Waals surface area contributed by atoms with E-state index in [2.05, 4.69) is 38.2 Å². The fourth-order valence-electron chi connectivity index (χ4n) is 6.36. The first-order chi connectivity index (χ1) is 29.0. The number of nitrogens with two attached hydrogens (primary N) is 1. The summed E-state index contributed by atoms with van der Waals surface area (Å²) in [5, 5.41) is 30.3. The van der Waals surface area contributed by atoms with Crippen LogP contribution >= 0.6 is 22.7 Å². The fraction of sp³-hybridized carbons (Fsp3) is 0.610. The number of carbonyl (C=O) groups excluding carboxylic acids is 8. The minimum atomic E-state index is -1.29. The minimum absolute atomic E-state index is 0.0777. The van der Waals surface area contributed by atoms with Gasteiger partial charge in [-0.05, 0) is 32.6 Å². The molecule has 1 fully saturated rings. The van der Waals surface area contributed by atoms with Crippen molar-refractivity contribution < 1.29 is 48.3 Å². The summed E-state index contributed by atoms with van der Waals surface area (Å²) in [6.07, 6.45) is 11.9. The van der Waals surface area contributed by atoms with Gasteiger partial charge in [0.05, 0.1) is 31.3 Å². The second-order valence-electron chi connectivity index (χ2n) is 15.4. The van der Waals surface area contributed by atoms with Crippen LogP contribution in [0.15, 0.2) is 10.8 Å². The topological polar surface area (TPSA) is 298 Å². The number of hydrogen-bond donors (Lipinski definition) is 7. The van der Waals surface area contributed by atoms with Crippen LogP contribution in [0.4, 0.5) is 0 Å². The highest BCUT2D eigenvalue weighted by Gasteiger charge is 2.51. The average Bonchev–Trinajstić information content (AvgIpc) is 3.56. The van der Waals surface area contributed by atoms with Crippen LogP contribution in [0.5, 0.6) is 0 Å². The van der Waals surface area contributed by atoms with E-state index in [1.54, 1.807) is 6.92 Å². The first-order valence-electron chi connectivity index (χ1n) is 20.8. The maximum atomic E-state index is 13.0. The predicted molar refractivity (Wildman–Crippen MR) is 227 cm³/mol. The molecule has 20 heteroatoms. The van der Waals surface area contributed by atoms with Gasteiger partial charge in [-0.3, -0.25) is 43.8 Å². The molecule has 0 radical (unpaired) electrons. The van der Waals surface area contributed by atoms with Crippen molar-refractivity contribution in [1.29, 1.82) is 5.41 Å². The number of aromatic nitrogens is 2. The van der Waals surface area contributed by atoms with Gasteiger partial charge in [-0.25, -0.2) is 14.8 Å². The molecule has 8 N–H and O–H groups in total. The van der Waals surface area contributed by atoms with Crippen LogP contribution in [0.3, 0.4) is 0 Å². The van der Waals surface area contributed by atoms with Crippen molar-refractivity contribution >= 4 is 81.2 Å². The maximum Gasteiger partial charge on any atom is 0.355 e. The number of amides is 5. The van der Waals surface area contributed by atoms with Crippen molar-refractivity contribution in [2.24, 2.45) is 5.73 Å². The van der Waals surface area contributed by atoms with Gasteiger partial charge in [-0.1, -0.05) is 71.1 Å². The van der Waals surface area contributed by atoms with Gasteiger partial charge in [0.25, 0.3) is 0 Å². The van der Waals surface area contributed by atoms with Gasteiger partial charge in [0.1, 0.15) is 33.2 Å². The number of ketones is 3. The number of nitrogens with one attached hydrogen (secondary N) is 5. The first-order valence-corrected chi connectivity index (χ1v) is 22.6. The third-order valence-electron chi connectivity index (χ3n) is 10.0. The van der Waals surface area contributed by atoms with Crippen LogP contribution in [0.2, 0.25) is 0 Å². The van der Waals surface area contributed by atoms with Crippen LogP contribution in [0.25, 0.3) is 0 Å². The Morgan fingerprint density at radius 1 is 0.803 bits per heavy atom. The molecule has 0 aromatic carbocycles. The maximum absolute atomic E-state index is 13.0. The molecule has 2 heterocycles. The van der Waals surface area contributed by atoms with E-state index in [1.807, 2.05) is 0 Å². The largest absolute Gasteiger partial charge is 0.476 e. The van der Waals surface area contributed by atoms with E-state index < -0.39 is 83.1 Å². The Labute approximate surface area is 362 Å². The monoisotopic (exact) mass is 886 g/mol. The number of rotatable bonds is 32. The number of thiazole rings is 2. The number of primary amides is 1. The van der Waals surface area contributed by atoms with E-state index in [0.717, 1.165) is 41.9 Å². The van der Waals surface area contributed by atoms with Gasteiger partial charge in [0.2, 0.25) is 35.3 Å². The Hall–Kier alpha value is -5.24. The predicted octanol–water partition coefficient (Wildman–Crippen LogP) is 4.08. The number of aromatic carboxylic acids is 1. The molecule has 3 rings (SSSR count). The van der Waals surface area contributed by atoms with Crippen LogP contribution in [0, 0.1) is 5.41 Å². The number of hydrogen-bond acceptors (Lipinski definition) is 14. The molecule has 2 aromatic heterocycles. The Morgan fingerprint density at radius 3 is 2.02 bits per heavy atom. The lowest BCUT2D eigenvalue weighted by molar-refractivity contribution is -0.135. The summed E-state index contributed by atoms with van der Waals surface area (Å²) < 4.78 is 0. The third-order valence-corrected chi connectivity index (χ3v) is 11.7. The van der Waals surface area contributed by atoms with E-state index in [1.165, 1.54) is 55.7 Å². The standard InChI is InChI=1S/C41H58N8O10S2/c1-3-4-5-6-7-8-9-10-11-12-13-14-32(53)46-27(20-31(42)52)38(57)45-25(2)15-16-26(50)19-34(55)49-41(17-18-41)30(51)21-33(54)44-22-35-47-28(23-60-35)37(56)36(43)39-48-29(24-61-39)40(58)59/h23-25,27,43H,3-22H2,1-2H3,(H2,42,52)(H,44,54)(H,45,57)(H,46,53)(H,49,55)(H,58,59)/t25-,27+/m0/s1. The number of carbonyl (C=O) groups is 9. The van der Waals surface area contributed by atoms with E-state index in [-0.39, 0.29) is 54.5 Å². The summed E-state index contributed by atoms with van der Waals surface area (Å²) in [5.74, 6) is -6.11. The van der Waals surface area contributed by atoms with Gasteiger partial charge in [-0.15, -0.1) is 22.7 Å². The van der Waals surface area contributed by atoms with Crippen LogP contribution < -0.4 is 27.0 Å². The molecule has 334 valence electrons. The number of unbranched alkanes of at least 4 members (excludes halogenated alkanes) is 10. The second kappa shape index (κ2) is 25.5. The van der Waals surface area contributed by atoms with Crippen molar-refractivity contribution in [3.63, 3.8) is 0 Å². The smallest absolute Gasteiger partial charge is 0.355 e. The lowest BCUT2D eigenvalue weighted by Gasteiger charge is -2.20. The Bertz CT molecular complexity index is 1910. The lowest BCUT2D eigenvalue weighted by Crippen LogP contribution is -2.50. The van der Waals surface area contributed by atoms with Crippen LogP contribution in [0.1, 0.15) is 167 Å². The van der Waals surface area contributed by atoms with Crippen molar-refractivity contribution in [2.75, 3.05) is 0 Å². The van der Waals surface area contributed by atoms with E-state index >= 15 is 0 Å². The molecule has 0 unspecified atom stereocenters. The number of carboxylic acids is 1. The normalized spacial score (nSPS) is 13.6. The van der Waals surface area contributed by atoms with E-state index in [9.17, 15) is 43.2 Å². The summed E-state index contributed by atoms with van der Waals surface area (Å²) in [4.78, 5) is 120. The Balaban J connectivity index is 1.33. The molecule has 0 spiro atoms. The van der Waals surface area contributed by atoms with E-state index in [4.69, 9.17) is 16.2 Å². The summed E-state index contributed by atoms with van der Waals surface area (Å²) in [7, 11) is 0. The first kappa shape index (κ1) is 50.1. The molecule has 1 aliphatic rings. The average molecular weight is 887 g/mol. The summed E-state index contributed by atoms with van der Waals surface area (Å²) in [6.45, 7) is 3.73. The summed E-state index contributed by atoms with van der Waals surface area (Å²) in [5.41, 5.74) is 3.17. The number of nitrogens with zero attached hydrogens (tertiary/aromatic N) is 2. The van der Waals surface area contributed by atoms with Gasteiger partial charge >= 0.3 is 5.97 Å². The van der Waals surface area contributed by atoms with Crippen LogP contribution in [-0.4, -0.2) is 91.3 Å². The molecular formula is C41H58N8O10S2. The third kappa shape index (κ3) is 18.1. The number of Topliss-reactive ketones (excluding diaryl/α,β-unsaturated/α-hetero) is 3. The molecule has 1 aliphatic carbocycles. The highest BCUT2D eigenvalue weighted by atomic mass is 32.1. The molecule has 0 aliphatic heterocycles. The highest BCUT2D eigenvalue weighted by molar-refractivity contribution is 7.13. The summed E-state index contributed by atoms with van der Waals surface area (Å²) >= 11 is 1.87. The molecule has 18 nitrogen and oxygen atoms in total. The molecular weight excluding hydrogens is 829 g/mol. The zero-order chi connectivity index (χ0) is 45.0.